The average molecular weight is 312 g/mol. The van der Waals surface area contributed by atoms with Crippen LogP contribution in [0.25, 0.3) is 11.0 Å². The summed E-state index contributed by atoms with van der Waals surface area (Å²) >= 11 is 0. The Bertz CT molecular complexity index is 744. The fraction of sp³-hybridized carbons (Fsp3) is 0.294. The number of fused-ring (bicyclic) bond motifs is 1. The molecule has 0 radical (unpaired) electrons. The molecule has 0 aliphatic rings. The molecule has 0 bridgehead atoms. The van der Waals surface area contributed by atoms with E-state index in [1.807, 2.05) is 44.2 Å². The summed E-state index contributed by atoms with van der Waals surface area (Å²) in [6, 6.07) is 11.8. The molecule has 3 rings (SSSR count). The number of hydrogen-bond acceptors (Lipinski definition) is 4. The molecule has 0 aliphatic heterocycles. The van der Waals surface area contributed by atoms with Gasteiger partial charge < -0.3 is 19.6 Å². The van der Waals surface area contributed by atoms with Crippen molar-refractivity contribution in [2.75, 3.05) is 6.54 Å². The molecule has 0 amide bonds. The smallest absolute Gasteiger partial charge is 0.192 e. The second-order valence-electron chi connectivity index (χ2n) is 5.24. The Morgan fingerprint density at radius 3 is 2.91 bits per heavy atom. The molecule has 1 atom stereocenters. The number of rotatable bonds is 5. The second kappa shape index (κ2) is 7.00. The molecule has 0 saturated carbocycles. The van der Waals surface area contributed by atoms with Crippen LogP contribution in [-0.2, 0) is 6.54 Å². The third-order valence-corrected chi connectivity index (χ3v) is 3.46. The highest BCUT2D eigenvalue weighted by molar-refractivity contribution is 5.81. The van der Waals surface area contributed by atoms with Gasteiger partial charge in [-0.1, -0.05) is 23.4 Å². The molecular weight excluding hydrogens is 292 g/mol. The Morgan fingerprint density at radius 1 is 1.30 bits per heavy atom. The maximum Gasteiger partial charge on any atom is 0.192 e. The fourth-order valence-corrected chi connectivity index (χ4v) is 2.29. The Hall–Kier alpha value is -2.76. The second-order valence-corrected chi connectivity index (χ2v) is 5.24. The molecule has 6 heteroatoms. The summed E-state index contributed by atoms with van der Waals surface area (Å²) in [4.78, 5) is 4.51. The van der Waals surface area contributed by atoms with E-state index in [0.29, 0.717) is 12.5 Å². The number of furan rings is 1. The van der Waals surface area contributed by atoms with Crippen LogP contribution >= 0.6 is 0 Å². The van der Waals surface area contributed by atoms with Gasteiger partial charge in [0.1, 0.15) is 23.3 Å². The van der Waals surface area contributed by atoms with Gasteiger partial charge in [-0.3, -0.25) is 0 Å². The van der Waals surface area contributed by atoms with Crippen molar-refractivity contribution in [1.82, 2.24) is 15.8 Å². The van der Waals surface area contributed by atoms with E-state index in [1.54, 1.807) is 12.3 Å². The van der Waals surface area contributed by atoms with Crippen molar-refractivity contribution in [2.24, 2.45) is 4.99 Å². The van der Waals surface area contributed by atoms with E-state index < -0.39 is 0 Å². The third-order valence-electron chi connectivity index (χ3n) is 3.46. The van der Waals surface area contributed by atoms with Gasteiger partial charge in [-0.25, -0.2) is 4.99 Å². The molecule has 0 saturated heterocycles. The van der Waals surface area contributed by atoms with Crippen molar-refractivity contribution in [1.29, 1.82) is 0 Å². The highest BCUT2D eigenvalue weighted by Crippen LogP contribution is 2.23. The van der Waals surface area contributed by atoms with Crippen LogP contribution in [0.1, 0.15) is 31.3 Å². The highest BCUT2D eigenvalue weighted by Gasteiger charge is 2.13. The van der Waals surface area contributed by atoms with E-state index in [0.717, 1.165) is 29.0 Å². The summed E-state index contributed by atoms with van der Waals surface area (Å²) in [5.41, 5.74) is 1.68. The van der Waals surface area contributed by atoms with Gasteiger partial charge in [0.2, 0.25) is 0 Å². The lowest BCUT2D eigenvalue weighted by Gasteiger charge is -2.15. The Kier molecular flexibility index (Phi) is 4.61. The van der Waals surface area contributed by atoms with Gasteiger partial charge >= 0.3 is 0 Å². The van der Waals surface area contributed by atoms with Crippen molar-refractivity contribution >= 4 is 16.9 Å². The minimum atomic E-state index is -0.00231. The predicted octanol–water partition coefficient (Wildman–Crippen LogP) is 3.24. The Balaban J connectivity index is 1.72. The number of nitrogens with zero attached hydrogens (tertiary/aromatic N) is 2. The maximum atomic E-state index is 5.89. The molecule has 23 heavy (non-hydrogen) atoms. The first-order valence-electron chi connectivity index (χ1n) is 7.69. The summed E-state index contributed by atoms with van der Waals surface area (Å²) in [7, 11) is 0. The molecule has 2 heterocycles. The number of para-hydroxylation sites is 1. The average Bonchev–Trinajstić information content (AvgIpc) is 3.21. The van der Waals surface area contributed by atoms with Gasteiger partial charge in [0.05, 0.1) is 12.6 Å². The highest BCUT2D eigenvalue weighted by atomic mass is 16.5. The molecular formula is C17H20N4O2. The van der Waals surface area contributed by atoms with Crippen molar-refractivity contribution in [3.63, 3.8) is 0 Å². The van der Waals surface area contributed by atoms with E-state index in [-0.39, 0.29) is 6.04 Å². The van der Waals surface area contributed by atoms with E-state index in [1.165, 1.54) is 0 Å². The van der Waals surface area contributed by atoms with Crippen molar-refractivity contribution in [3.8, 4) is 0 Å². The van der Waals surface area contributed by atoms with Crippen LogP contribution < -0.4 is 10.6 Å². The number of aliphatic imine (C=N–C) groups is 1. The van der Waals surface area contributed by atoms with Gasteiger partial charge in [-0.05, 0) is 26.0 Å². The minimum absolute atomic E-state index is 0.00231. The van der Waals surface area contributed by atoms with Crippen LogP contribution in [0.4, 0.5) is 0 Å². The lowest BCUT2D eigenvalue weighted by molar-refractivity contribution is 0.412. The summed E-state index contributed by atoms with van der Waals surface area (Å²) in [5.74, 6) is 1.58. The molecule has 120 valence electrons. The molecule has 0 aliphatic carbocycles. The number of nitrogens with one attached hydrogen (secondary N) is 2. The molecule has 2 aromatic heterocycles. The van der Waals surface area contributed by atoms with Gasteiger partial charge in [0.25, 0.3) is 0 Å². The van der Waals surface area contributed by atoms with E-state index >= 15 is 0 Å². The zero-order valence-corrected chi connectivity index (χ0v) is 13.2. The van der Waals surface area contributed by atoms with Crippen molar-refractivity contribution in [3.05, 3.63) is 54.1 Å². The van der Waals surface area contributed by atoms with E-state index in [9.17, 15) is 0 Å². The SMILES string of the molecule is CCNC(=NCc1ccon1)NC(C)c1cc2ccccc2o1. The number of benzene rings is 1. The van der Waals surface area contributed by atoms with Gasteiger partial charge in [0, 0.05) is 18.0 Å². The molecule has 6 nitrogen and oxygen atoms in total. The fourth-order valence-electron chi connectivity index (χ4n) is 2.29. The predicted molar refractivity (Wildman–Crippen MR) is 89.1 cm³/mol. The monoisotopic (exact) mass is 312 g/mol. The van der Waals surface area contributed by atoms with Crippen LogP contribution in [0.3, 0.4) is 0 Å². The Labute approximate surface area is 134 Å². The molecule has 1 unspecified atom stereocenters. The van der Waals surface area contributed by atoms with E-state index in [2.05, 4.69) is 20.8 Å². The van der Waals surface area contributed by atoms with Gasteiger partial charge in [-0.15, -0.1) is 0 Å². The first kappa shape index (κ1) is 15.1. The maximum absolute atomic E-state index is 5.89. The van der Waals surface area contributed by atoms with Crippen LogP contribution in [0.2, 0.25) is 0 Å². The normalized spacial score (nSPS) is 13.2. The van der Waals surface area contributed by atoms with Crippen molar-refractivity contribution < 1.29 is 8.94 Å². The zero-order chi connectivity index (χ0) is 16.1. The Morgan fingerprint density at radius 2 is 2.17 bits per heavy atom. The zero-order valence-electron chi connectivity index (χ0n) is 13.2. The molecule has 1 aromatic carbocycles. The topological polar surface area (TPSA) is 75.6 Å². The summed E-state index contributed by atoms with van der Waals surface area (Å²) < 4.78 is 10.7. The van der Waals surface area contributed by atoms with Gasteiger partial charge in [-0.2, -0.15) is 0 Å². The summed E-state index contributed by atoms with van der Waals surface area (Å²) in [6.45, 7) is 5.30. The number of guanidine groups is 1. The standard InChI is InChI=1S/C17H20N4O2/c1-3-18-17(19-11-14-8-9-22-21-14)20-12(2)16-10-13-6-4-5-7-15(13)23-16/h4-10,12H,3,11H2,1-2H3,(H2,18,19,20). The lowest BCUT2D eigenvalue weighted by atomic mass is 10.2. The quantitative estimate of drug-likeness (QED) is 0.559. The van der Waals surface area contributed by atoms with E-state index in [4.69, 9.17) is 8.94 Å². The lowest BCUT2D eigenvalue weighted by Crippen LogP contribution is -2.38. The van der Waals surface area contributed by atoms with Crippen LogP contribution in [0, 0.1) is 0 Å². The molecule has 3 aromatic rings. The largest absolute Gasteiger partial charge is 0.459 e. The number of hydrogen-bond donors (Lipinski definition) is 2. The molecule has 0 fully saturated rings. The molecule has 0 spiro atoms. The van der Waals surface area contributed by atoms with Crippen LogP contribution in [0.5, 0.6) is 0 Å². The first-order chi connectivity index (χ1) is 11.3. The third kappa shape index (κ3) is 3.71. The summed E-state index contributed by atoms with van der Waals surface area (Å²) in [5, 5.41) is 11.5. The number of aromatic nitrogens is 1. The van der Waals surface area contributed by atoms with Crippen molar-refractivity contribution in [2.45, 2.75) is 26.4 Å². The first-order valence-corrected chi connectivity index (χ1v) is 7.69. The summed E-state index contributed by atoms with van der Waals surface area (Å²) in [6.07, 6.45) is 1.54. The minimum Gasteiger partial charge on any atom is -0.459 e. The van der Waals surface area contributed by atoms with Gasteiger partial charge in [0.15, 0.2) is 5.96 Å². The van der Waals surface area contributed by atoms with Crippen LogP contribution in [0.15, 0.2) is 56.6 Å². The molecule has 2 N–H and O–H groups in total. The van der Waals surface area contributed by atoms with Crippen LogP contribution in [-0.4, -0.2) is 17.7 Å².